The van der Waals surface area contributed by atoms with E-state index in [2.05, 4.69) is 15.4 Å². The molecule has 3 rings (SSSR count). The van der Waals surface area contributed by atoms with Crippen molar-refractivity contribution < 1.29 is 9.53 Å². The third kappa shape index (κ3) is 4.82. The number of carbonyl (C=O) groups is 1. The number of nitrogens with zero attached hydrogens (tertiary/aromatic N) is 3. The predicted molar refractivity (Wildman–Crippen MR) is 105 cm³/mol. The number of benzene rings is 2. The van der Waals surface area contributed by atoms with E-state index in [4.69, 9.17) is 4.74 Å². The minimum absolute atomic E-state index is 0.117. The minimum atomic E-state index is -0.158. The second kappa shape index (κ2) is 8.80. The Hall–Kier alpha value is -3.41. The Bertz CT molecular complexity index is 902. The van der Waals surface area contributed by atoms with Crippen molar-refractivity contribution >= 4 is 12.0 Å². The number of hydrogen-bond donors (Lipinski definition) is 1. The fourth-order valence-electron chi connectivity index (χ4n) is 2.67. The molecule has 0 saturated heterocycles. The lowest BCUT2D eigenvalue weighted by molar-refractivity contribution is -0.117. The molecule has 0 radical (unpaired) electrons. The maximum absolute atomic E-state index is 12.3. The highest BCUT2D eigenvalue weighted by molar-refractivity contribution is 5.92. The molecular weight excluding hydrogens is 340 g/mol. The molecule has 0 fully saturated rings. The number of hydrogen-bond acceptors (Lipinski definition) is 4. The molecule has 1 heterocycles. The smallest absolute Gasteiger partial charge is 0.244 e. The lowest BCUT2D eigenvalue weighted by atomic mass is 10.1. The zero-order valence-corrected chi connectivity index (χ0v) is 15.4. The van der Waals surface area contributed by atoms with Gasteiger partial charge >= 0.3 is 0 Å². The average Bonchev–Trinajstić information content (AvgIpc) is 3.22. The number of ether oxygens (including phenoxy) is 1. The maximum Gasteiger partial charge on any atom is 0.244 e. The van der Waals surface area contributed by atoms with E-state index in [1.54, 1.807) is 17.1 Å². The van der Waals surface area contributed by atoms with E-state index in [9.17, 15) is 4.79 Å². The first kappa shape index (κ1) is 18.4. The van der Waals surface area contributed by atoms with E-state index in [0.717, 1.165) is 22.6 Å². The number of aromatic nitrogens is 3. The molecule has 1 aromatic heterocycles. The molecule has 0 aliphatic heterocycles. The van der Waals surface area contributed by atoms with Crippen molar-refractivity contribution in [2.24, 2.45) is 0 Å². The highest BCUT2D eigenvalue weighted by Crippen LogP contribution is 2.19. The standard InChI is InChI=1S/C21H22N4O2/c1-3-27-20-7-5-4-6-18(20)10-13-21(26)24-16(2)17-8-11-19(12-9-17)25-15-22-14-23-25/h4-16H,3H2,1-2H3,(H,24,26)/b13-10+. The van der Waals surface area contributed by atoms with E-state index in [-0.39, 0.29) is 11.9 Å². The fourth-order valence-corrected chi connectivity index (χ4v) is 2.67. The van der Waals surface area contributed by atoms with Crippen LogP contribution in [0, 0.1) is 0 Å². The Kier molecular flexibility index (Phi) is 5.99. The Balaban J connectivity index is 1.62. The third-order valence-corrected chi connectivity index (χ3v) is 4.07. The normalized spacial score (nSPS) is 12.1. The lowest BCUT2D eigenvalue weighted by Crippen LogP contribution is -2.24. The molecule has 6 nitrogen and oxygen atoms in total. The van der Waals surface area contributed by atoms with Crippen LogP contribution in [0.2, 0.25) is 0 Å². The Morgan fingerprint density at radius 1 is 1.22 bits per heavy atom. The summed E-state index contributed by atoms with van der Waals surface area (Å²) in [5.41, 5.74) is 2.80. The van der Waals surface area contributed by atoms with E-state index >= 15 is 0 Å². The number of rotatable bonds is 7. The van der Waals surface area contributed by atoms with Gasteiger partial charge in [-0.3, -0.25) is 4.79 Å². The van der Waals surface area contributed by atoms with Gasteiger partial charge in [-0.2, -0.15) is 5.10 Å². The molecule has 0 spiro atoms. The summed E-state index contributed by atoms with van der Waals surface area (Å²) in [4.78, 5) is 16.2. The van der Waals surface area contributed by atoms with Crippen molar-refractivity contribution in [3.8, 4) is 11.4 Å². The van der Waals surface area contributed by atoms with Gasteiger partial charge in [-0.05, 0) is 43.7 Å². The summed E-state index contributed by atoms with van der Waals surface area (Å²) in [6.45, 7) is 4.46. The number of nitrogens with one attached hydrogen (secondary N) is 1. The van der Waals surface area contributed by atoms with Gasteiger partial charge in [0.05, 0.1) is 18.3 Å². The van der Waals surface area contributed by atoms with Crippen molar-refractivity contribution in [1.82, 2.24) is 20.1 Å². The Labute approximate surface area is 158 Å². The monoisotopic (exact) mass is 362 g/mol. The minimum Gasteiger partial charge on any atom is -0.493 e. The summed E-state index contributed by atoms with van der Waals surface area (Å²) < 4.78 is 7.25. The highest BCUT2D eigenvalue weighted by Gasteiger charge is 2.08. The van der Waals surface area contributed by atoms with Gasteiger partial charge in [0.1, 0.15) is 18.4 Å². The molecule has 0 bridgehead atoms. The first-order valence-corrected chi connectivity index (χ1v) is 8.82. The quantitative estimate of drug-likeness (QED) is 0.653. The van der Waals surface area contributed by atoms with Crippen LogP contribution in [0.3, 0.4) is 0 Å². The van der Waals surface area contributed by atoms with Gasteiger partial charge < -0.3 is 10.1 Å². The van der Waals surface area contributed by atoms with Crippen LogP contribution in [0.1, 0.15) is 31.0 Å². The molecule has 1 unspecified atom stereocenters. The molecule has 6 heteroatoms. The Morgan fingerprint density at radius 2 is 2.00 bits per heavy atom. The number of carbonyl (C=O) groups excluding carboxylic acids is 1. The van der Waals surface area contributed by atoms with Gasteiger partial charge in [0.15, 0.2) is 0 Å². The first-order chi connectivity index (χ1) is 13.2. The summed E-state index contributed by atoms with van der Waals surface area (Å²) in [6.07, 6.45) is 6.43. The van der Waals surface area contributed by atoms with E-state index in [1.807, 2.05) is 62.4 Å². The van der Waals surface area contributed by atoms with E-state index in [0.29, 0.717) is 6.61 Å². The molecule has 0 saturated carbocycles. The Morgan fingerprint density at radius 3 is 2.70 bits per heavy atom. The highest BCUT2D eigenvalue weighted by atomic mass is 16.5. The summed E-state index contributed by atoms with van der Waals surface area (Å²) >= 11 is 0. The summed E-state index contributed by atoms with van der Waals surface area (Å²) in [5.74, 6) is 0.606. The molecule has 1 amide bonds. The largest absolute Gasteiger partial charge is 0.493 e. The lowest BCUT2D eigenvalue weighted by Gasteiger charge is -2.13. The molecule has 27 heavy (non-hydrogen) atoms. The van der Waals surface area contributed by atoms with Crippen molar-refractivity contribution in [2.75, 3.05) is 6.61 Å². The molecule has 138 valence electrons. The van der Waals surface area contributed by atoms with Crippen molar-refractivity contribution in [2.45, 2.75) is 19.9 Å². The topological polar surface area (TPSA) is 69.0 Å². The third-order valence-electron chi connectivity index (χ3n) is 4.07. The van der Waals surface area contributed by atoms with Crippen LogP contribution >= 0.6 is 0 Å². The van der Waals surface area contributed by atoms with Crippen LogP contribution in [0.5, 0.6) is 5.75 Å². The van der Waals surface area contributed by atoms with Crippen LogP contribution in [0.25, 0.3) is 11.8 Å². The van der Waals surface area contributed by atoms with Crippen molar-refractivity contribution in [1.29, 1.82) is 0 Å². The van der Waals surface area contributed by atoms with Crippen LogP contribution in [-0.4, -0.2) is 27.3 Å². The summed E-state index contributed by atoms with van der Waals surface area (Å²) in [7, 11) is 0. The fraction of sp³-hybridized carbons (Fsp3) is 0.190. The number of amides is 1. The van der Waals surface area contributed by atoms with Crippen LogP contribution < -0.4 is 10.1 Å². The molecule has 0 aliphatic rings. The van der Waals surface area contributed by atoms with Crippen LogP contribution in [0.4, 0.5) is 0 Å². The van der Waals surface area contributed by atoms with Gasteiger partial charge in [0, 0.05) is 11.6 Å². The second-order valence-corrected chi connectivity index (χ2v) is 5.97. The molecule has 0 aliphatic carbocycles. The average molecular weight is 362 g/mol. The SMILES string of the molecule is CCOc1ccccc1/C=C/C(=O)NC(C)c1ccc(-n2cncn2)cc1. The van der Waals surface area contributed by atoms with Gasteiger partial charge in [0.2, 0.25) is 5.91 Å². The molecule has 2 aromatic carbocycles. The van der Waals surface area contributed by atoms with E-state index < -0.39 is 0 Å². The molecular formula is C21H22N4O2. The zero-order valence-electron chi connectivity index (χ0n) is 15.4. The predicted octanol–water partition coefficient (Wildman–Crippen LogP) is 3.56. The van der Waals surface area contributed by atoms with Gasteiger partial charge in [-0.1, -0.05) is 30.3 Å². The van der Waals surface area contributed by atoms with Gasteiger partial charge in [-0.15, -0.1) is 0 Å². The van der Waals surface area contributed by atoms with Crippen LogP contribution in [-0.2, 0) is 4.79 Å². The summed E-state index contributed by atoms with van der Waals surface area (Å²) in [6, 6.07) is 15.3. The number of para-hydroxylation sites is 1. The van der Waals surface area contributed by atoms with Gasteiger partial charge in [0.25, 0.3) is 0 Å². The van der Waals surface area contributed by atoms with Crippen molar-refractivity contribution in [3.63, 3.8) is 0 Å². The zero-order chi connectivity index (χ0) is 19.1. The maximum atomic E-state index is 12.3. The van der Waals surface area contributed by atoms with Gasteiger partial charge in [-0.25, -0.2) is 9.67 Å². The molecule has 3 aromatic rings. The molecule has 1 N–H and O–H groups in total. The molecule has 1 atom stereocenters. The first-order valence-electron chi connectivity index (χ1n) is 8.82. The second-order valence-electron chi connectivity index (χ2n) is 5.97. The van der Waals surface area contributed by atoms with Crippen LogP contribution in [0.15, 0.2) is 67.3 Å². The van der Waals surface area contributed by atoms with E-state index in [1.165, 1.54) is 12.4 Å². The van der Waals surface area contributed by atoms with Crippen molar-refractivity contribution in [3.05, 3.63) is 78.4 Å². The summed E-state index contributed by atoms with van der Waals surface area (Å²) in [5, 5.41) is 7.07.